The van der Waals surface area contributed by atoms with Crippen molar-refractivity contribution < 1.29 is 31.9 Å². The summed E-state index contributed by atoms with van der Waals surface area (Å²) in [6.45, 7) is 3.42. The molecule has 8 nitrogen and oxygen atoms in total. The molecule has 0 unspecified atom stereocenters. The quantitative estimate of drug-likeness (QED) is 0.501. The van der Waals surface area contributed by atoms with Crippen molar-refractivity contribution in [3.8, 4) is 11.5 Å². The standard InChI is InChI=1S/C8H9O2.3C2H4O2.Pb/c1-9-7-5-3-4-6-8(7)10-2;3*1-2(3)4;/h3,5-6H,1-2H3;3*1H3,(H,3,4);/q;;;;+3/p-3. The number of rotatable bonds is 6. The molecule has 0 aromatic heterocycles. The van der Waals surface area contributed by atoms with Crippen LogP contribution in [0.4, 0.5) is 0 Å². The molecule has 0 fully saturated rings. The van der Waals surface area contributed by atoms with Gasteiger partial charge >= 0.3 is 140 Å². The van der Waals surface area contributed by atoms with Crippen LogP contribution in [0, 0.1) is 0 Å². The molecule has 0 aliphatic carbocycles. The predicted octanol–water partition coefficient (Wildman–Crippen LogP) is 0.539. The predicted molar refractivity (Wildman–Crippen MR) is 80.2 cm³/mol. The molecule has 1 aromatic carbocycles. The Morgan fingerprint density at radius 2 is 1.22 bits per heavy atom. The fourth-order valence-electron chi connectivity index (χ4n) is 1.83. The summed E-state index contributed by atoms with van der Waals surface area (Å²) in [5, 5.41) is 0. The minimum absolute atomic E-state index is 0.288. The topological polar surface area (TPSA) is 97.4 Å². The molecule has 126 valence electrons. The van der Waals surface area contributed by atoms with E-state index in [9.17, 15) is 14.4 Å². The van der Waals surface area contributed by atoms with Crippen LogP contribution in [0.15, 0.2) is 18.2 Å². The molecular formula is C14H18O8Pb. The van der Waals surface area contributed by atoms with Gasteiger partial charge in [0, 0.05) is 0 Å². The third kappa shape index (κ3) is 5.08. The van der Waals surface area contributed by atoms with Crippen molar-refractivity contribution >= 4 is 43.6 Å². The second-order valence-electron chi connectivity index (χ2n) is 4.41. The van der Waals surface area contributed by atoms with E-state index in [-0.39, 0.29) is 3.12 Å². The summed E-state index contributed by atoms with van der Waals surface area (Å²) in [5.74, 6) is -1.41. The van der Waals surface area contributed by atoms with Crippen molar-refractivity contribution in [2.24, 2.45) is 0 Å². The van der Waals surface area contributed by atoms with E-state index in [1.807, 2.05) is 0 Å². The number of methoxy groups -OCH3 is 2. The van der Waals surface area contributed by atoms with Crippen LogP contribution in [0.25, 0.3) is 0 Å². The van der Waals surface area contributed by atoms with Crippen LogP contribution in [-0.4, -0.2) is 54.7 Å². The van der Waals surface area contributed by atoms with Crippen molar-refractivity contribution in [2.45, 2.75) is 20.8 Å². The molecule has 0 radical (unpaired) electrons. The summed E-state index contributed by atoms with van der Waals surface area (Å²) in [5.41, 5.74) is 0. The molecule has 0 aliphatic heterocycles. The minimum atomic E-state index is -5.20. The van der Waals surface area contributed by atoms with Crippen LogP contribution < -0.4 is 12.6 Å². The normalized spacial score (nSPS) is 10.5. The van der Waals surface area contributed by atoms with Crippen molar-refractivity contribution in [3.05, 3.63) is 18.2 Å². The van der Waals surface area contributed by atoms with E-state index in [2.05, 4.69) is 0 Å². The zero-order chi connectivity index (χ0) is 17.6. The van der Waals surface area contributed by atoms with Gasteiger partial charge in [0.2, 0.25) is 0 Å². The first kappa shape index (κ1) is 19.2. The van der Waals surface area contributed by atoms with E-state index < -0.39 is 40.4 Å². The molecule has 0 saturated heterocycles. The van der Waals surface area contributed by atoms with E-state index in [1.54, 1.807) is 6.07 Å². The van der Waals surface area contributed by atoms with Gasteiger partial charge in [0.25, 0.3) is 0 Å². The SMILES string of the molecule is COc1cc[c]([Pb]([O]C(C)=O)([O]C(C)=O)[O]C(C)=O)cc1OC. The Morgan fingerprint density at radius 3 is 1.57 bits per heavy atom. The van der Waals surface area contributed by atoms with E-state index in [4.69, 9.17) is 17.5 Å². The molecule has 9 heteroatoms. The van der Waals surface area contributed by atoms with Gasteiger partial charge in [0.05, 0.1) is 0 Å². The van der Waals surface area contributed by atoms with Gasteiger partial charge in [-0.15, -0.1) is 0 Å². The Bertz CT molecular complexity index is 572. The summed E-state index contributed by atoms with van der Waals surface area (Å²) in [7, 11) is 2.88. The van der Waals surface area contributed by atoms with Crippen molar-refractivity contribution in [2.75, 3.05) is 14.2 Å². The zero-order valence-corrected chi connectivity index (χ0v) is 17.4. The fourth-order valence-corrected chi connectivity index (χ4v) is 10.4. The van der Waals surface area contributed by atoms with Gasteiger partial charge in [-0.05, 0) is 0 Å². The molecule has 1 rings (SSSR count). The summed E-state index contributed by atoms with van der Waals surface area (Å²) in [4.78, 5) is 34.4. The Morgan fingerprint density at radius 1 is 0.783 bits per heavy atom. The summed E-state index contributed by atoms with van der Waals surface area (Å²) in [6, 6.07) is 4.52. The average Bonchev–Trinajstić information content (AvgIpc) is 2.44. The van der Waals surface area contributed by atoms with Crippen LogP contribution >= 0.6 is 0 Å². The summed E-state index contributed by atoms with van der Waals surface area (Å²) < 4.78 is 26.2. The molecule has 0 saturated carbocycles. The maximum atomic E-state index is 11.5. The number of hydrogen-bond acceptors (Lipinski definition) is 8. The van der Waals surface area contributed by atoms with Gasteiger partial charge in [-0.2, -0.15) is 0 Å². The number of ether oxygens (including phenoxy) is 2. The average molecular weight is 521 g/mol. The fraction of sp³-hybridized carbons (Fsp3) is 0.357. The van der Waals surface area contributed by atoms with Crippen LogP contribution in [0.1, 0.15) is 20.8 Å². The Balaban J connectivity index is 3.49. The molecule has 0 spiro atoms. The van der Waals surface area contributed by atoms with Gasteiger partial charge in [0.1, 0.15) is 0 Å². The Kier molecular flexibility index (Phi) is 6.79. The Labute approximate surface area is 140 Å². The van der Waals surface area contributed by atoms with E-state index in [0.29, 0.717) is 11.5 Å². The second-order valence-corrected chi connectivity index (χ2v) is 13.4. The van der Waals surface area contributed by atoms with Crippen LogP contribution in [-0.2, 0) is 22.4 Å². The van der Waals surface area contributed by atoms with E-state index in [1.165, 1.54) is 26.4 Å². The monoisotopic (exact) mass is 522 g/mol. The molecular weight excluding hydrogens is 503 g/mol. The van der Waals surface area contributed by atoms with Gasteiger partial charge < -0.3 is 0 Å². The third-order valence-corrected chi connectivity index (χ3v) is 13.0. The molecule has 0 bridgehead atoms. The number of carbonyl (C=O) groups is 3. The first-order chi connectivity index (χ1) is 10.7. The van der Waals surface area contributed by atoms with Gasteiger partial charge in [-0.3, -0.25) is 0 Å². The molecule has 0 aliphatic rings. The number of benzene rings is 1. The summed E-state index contributed by atoms with van der Waals surface area (Å²) >= 11 is -5.20. The van der Waals surface area contributed by atoms with Gasteiger partial charge in [-0.1, -0.05) is 0 Å². The Hall–Kier alpha value is -1.85. The van der Waals surface area contributed by atoms with Crippen molar-refractivity contribution in [1.82, 2.24) is 0 Å². The van der Waals surface area contributed by atoms with Crippen LogP contribution in [0.3, 0.4) is 0 Å². The molecule has 1 aromatic rings. The van der Waals surface area contributed by atoms with Gasteiger partial charge in [0.15, 0.2) is 0 Å². The van der Waals surface area contributed by atoms with Crippen LogP contribution in [0.5, 0.6) is 11.5 Å². The first-order valence-corrected chi connectivity index (χ1v) is 13.3. The van der Waals surface area contributed by atoms with Crippen molar-refractivity contribution in [1.29, 1.82) is 0 Å². The number of hydrogen-bond donors (Lipinski definition) is 0. The maximum absolute atomic E-state index is 11.5. The molecule has 0 N–H and O–H groups in total. The third-order valence-electron chi connectivity index (χ3n) is 2.57. The van der Waals surface area contributed by atoms with E-state index >= 15 is 0 Å². The number of carbonyl (C=O) groups excluding carboxylic acids is 3. The molecule has 0 heterocycles. The van der Waals surface area contributed by atoms with E-state index in [0.717, 1.165) is 20.8 Å². The second kappa shape index (κ2) is 8.13. The van der Waals surface area contributed by atoms with Gasteiger partial charge in [-0.25, -0.2) is 0 Å². The van der Waals surface area contributed by atoms with Crippen LogP contribution in [0.2, 0.25) is 0 Å². The van der Waals surface area contributed by atoms with Crippen molar-refractivity contribution in [3.63, 3.8) is 0 Å². The molecule has 0 atom stereocenters. The molecule has 23 heavy (non-hydrogen) atoms. The zero-order valence-electron chi connectivity index (χ0n) is 13.5. The summed E-state index contributed by atoms with van der Waals surface area (Å²) in [6.07, 6.45) is 0. The first-order valence-electron chi connectivity index (χ1n) is 6.55. The molecule has 0 amide bonds.